The summed E-state index contributed by atoms with van der Waals surface area (Å²) in [5, 5.41) is 0.780. The van der Waals surface area contributed by atoms with Gasteiger partial charge in [0.05, 0.1) is 10.0 Å². The first-order chi connectivity index (χ1) is 5.66. The predicted molar refractivity (Wildman–Crippen MR) is 51.1 cm³/mol. The summed E-state index contributed by atoms with van der Waals surface area (Å²) >= 11 is 11.5. The van der Waals surface area contributed by atoms with Crippen LogP contribution in [0.5, 0.6) is 0 Å². The fourth-order valence-electron chi connectivity index (χ4n) is 0.910. The summed E-state index contributed by atoms with van der Waals surface area (Å²) in [7, 11) is 0. The van der Waals surface area contributed by atoms with Crippen LogP contribution in [0.3, 0.4) is 0 Å². The molecule has 0 fully saturated rings. The van der Waals surface area contributed by atoms with Crippen molar-refractivity contribution in [3.63, 3.8) is 0 Å². The van der Waals surface area contributed by atoms with Crippen molar-refractivity contribution in [3.8, 4) is 0 Å². The lowest BCUT2D eigenvalue weighted by Crippen LogP contribution is -1.97. The highest BCUT2D eigenvalue weighted by Gasteiger charge is 2.09. The fraction of sp³-hybridized carbons (Fsp3) is 0.222. The highest BCUT2D eigenvalue weighted by atomic mass is 35.5. The van der Waals surface area contributed by atoms with Gasteiger partial charge >= 0.3 is 0 Å². The molecule has 3 heteroatoms. The second-order valence-electron chi connectivity index (χ2n) is 2.38. The highest BCUT2D eigenvalue weighted by Crippen LogP contribution is 2.26. The van der Waals surface area contributed by atoms with E-state index in [1.54, 1.807) is 25.1 Å². The van der Waals surface area contributed by atoms with Gasteiger partial charge in [0.25, 0.3) is 0 Å². The molecule has 0 saturated heterocycles. The number of ketones is 1. The SMILES string of the molecule is CCC(=O)c1cccc(Cl)c1Cl. The topological polar surface area (TPSA) is 17.1 Å². The van der Waals surface area contributed by atoms with Crippen LogP contribution in [-0.2, 0) is 0 Å². The molecule has 1 aromatic carbocycles. The molecular weight excluding hydrogens is 195 g/mol. The van der Waals surface area contributed by atoms with Crippen LogP contribution in [0.1, 0.15) is 23.7 Å². The molecule has 0 atom stereocenters. The molecule has 64 valence electrons. The lowest BCUT2D eigenvalue weighted by Gasteiger charge is -2.01. The lowest BCUT2D eigenvalue weighted by molar-refractivity contribution is 0.0988. The van der Waals surface area contributed by atoms with Crippen molar-refractivity contribution in [1.82, 2.24) is 0 Å². The molecule has 0 aromatic heterocycles. The van der Waals surface area contributed by atoms with Crippen LogP contribution in [-0.4, -0.2) is 5.78 Å². The second kappa shape index (κ2) is 3.92. The lowest BCUT2D eigenvalue weighted by atomic mass is 10.1. The number of carbonyl (C=O) groups is 1. The first-order valence-corrected chi connectivity index (χ1v) is 4.39. The Kier molecular flexibility index (Phi) is 3.12. The number of rotatable bonds is 2. The number of carbonyl (C=O) groups excluding carboxylic acids is 1. The summed E-state index contributed by atoms with van der Waals surface area (Å²) in [4.78, 5) is 11.2. The van der Waals surface area contributed by atoms with Gasteiger partial charge in [-0.3, -0.25) is 4.79 Å². The van der Waals surface area contributed by atoms with Gasteiger partial charge in [-0.25, -0.2) is 0 Å². The van der Waals surface area contributed by atoms with Crippen molar-refractivity contribution in [1.29, 1.82) is 0 Å². The van der Waals surface area contributed by atoms with E-state index in [0.29, 0.717) is 22.0 Å². The molecule has 0 unspecified atom stereocenters. The maximum Gasteiger partial charge on any atom is 0.164 e. The van der Waals surface area contributed by atoms with Crippen LogP contribution >= 0.6 is 23.2 Å². The molecule has 0 bridgehead atoms. The van der Waals surface area contributed by atoms with Crippen LogP contribution in [0.2, 0.25) is 10.0 Å². The Balaban J connectivity index is 3.16. The highest BCUT2D eigenvalue weighted by molar-refractivity contribution is 6.43. The van der Waals surface area contributed by atoms with Crippen LogP contribution in [0.4, 0.5) is 0 Å². The number of hydrogen-bond donors (Lipinski definition) is 0. The molecule has 0 spiro atoms. The zero-order valence-corrected chi connectivity index (χ0v) is 8.12. The molecule has 1 rings (SSSR count). The number of Topliss-reactive ketones (excluding diaryl/α,β-unsaturated/α-hetero) is 1. The summed E-state index contributed by atoms with van der Waals surface area (Å²) in [5.74, 6) is 0.0162. The van der Waals surface area contributed by atoms with Crippen molar-refractivity contribution in [2.75, 3.05) is 0 Å². The van der Waals surface area contributed by atoms with Gasteiger partial charge in [-0.2, -0.15) is 0 Å². The van der Waals surface area contributed by atoms with Gasteiger partial charge in [0.2, 0.25) is 0 Å². The van der Waals surface area contributed by atoms with E-state index in [1.807, 2.05) is 0 Å². The van der Waals surface area contributed by atoms with E-state index in [9.17, 15) is 4.79 Å². The molecular formula is C9H8Cl2O. The van der Waals surface area contributed by atoms with E-state index in [4.69, 9.17) is 23.2 Å². The Morgan fingerprint density at radius 1 is 1.42 bits per heavy atom. The molecule has 0 amide bonds. The Hall–Kier alpha value is -0.530. The van der Waals surface area contributed by atoms with Crippen LogP contribution in [0, 0.1) is 0 Å². The maximum atomic E-state index is 11.2. The van der Waals surface area contributed by atoms with Crippen molar-refractivity contribution < 1.29 is 4.79 Å². The fourth-order valence-corrected chi connectivity index (χ4v) is 1.32. The third-order valence-corrected chi connectivity index (χ3v) is 2.39. The minimum atomic E-state index is 0.0162. The van der Waals surface area contributed by atoms with E-state index in [-0.39, 0.29) is 5.78 Å². The van der Waals surface area contributed by atoms with Gasteiger partial charge in [0, 0.05) is 12.0 Å². The largest absolute Gasteiger partial charge is 0.294 e. The standard InChI is InChI=1S/C9H8Cl2O/c1-2-8(12)6-4-3-5-7(10)9(6)11/h3-5H,2H2,1H3. The Morgan fingerprint density at radius 2 is 2.08 bits per heavy atom. The number of hydrogen-bond acceptors (Lipinski definition) is 1. The Labute approximate surface area is 81.3 Å². The van der Waals surface area contributed by atoms with Crippen LogP contribution in [0.15, 0.2) is 18.2 Å². The van der Waals surface area contributed by atoms with Crippen molar-refractivity contribution in [2.45, 2.75) is 13.3 Å². The quantitative estimate of drug-likeness (QED) is 0.671. The average Bonchev–Trinajstić information content (AvgIpc) is 2.08. The normalized spacial score (nSPS) is 9.92. The molecule has 0 aliphatic heterocycles. The van der Waals surface area contributed by atoms with E-state index < -0.39 is 0 Å². The minimum absolute atomic E-state index is 0.0162. The molecule has 0 radical (unpaired) electrons. The minimum Gasteiger partial charge on any atom is -0.294 e. The summed E-state index contributed by atoms with van der Waals surface area (Å²) in [6, 6.07) is 5.06. The smallest absolute Gasteiger partial charge is 0.164 e. The van der Waals surface area contributed by atoms with Gasteiger partial charge in [-0.15, -0.1) is 0 Å². The first kappa shape index (κ1) is 9.56. The van der Waals surface area contributed by atoms with Crippen molar-refractivity contribution in [3.05, 3.63) is 33.8 Å². The summed E-state index contributed by atoms with van der Waals surface area (Å²) in [5.41, 5.74) is 0.506. The molecule has 0 saturated carbocycles. The second-order valence-corrected chi connectivity index (χ2v) is 3.16. The molecule has 12 heavy (non-hydrogen) atoms. The first-order valence-electron chi connectivity index (χ1n) is 3.64. The molecule has 0 heterocycles. The average molecular weight is 203 g/mol. The Bertz CT molecular complexity index is 307. The number of halogens is 2. The van der Waals surface area contributed by atoms with E-state index in [2.05, 4.69) is 0 Å². The third kappa shape index (κ3) is 1.79. The van der Waals surface area contributed by atoms with Gasteiger partial charge in [-0.05, 0) is 12.1 Å². The van der Waals surface area contributed by atoms with Crippen molar-refractivity contribution >= 4 is 29.0 Å². The number of benzene rings is 1. The van der Waals surface area contributed by atoms with Crippen LogP contribution < -0.4 is 0 Å². The molecule has 0 N–H and O–H groups in total. The molecule has 0 aliphatic rings. The zero-order chi connectivity index (χ0) is 9.14. The third-order valence-electron chi connectivity index (χ3n) is 1.57. The van der Waals surface area contributed by atoms with Crippen molar-refractivity contribution in [2.24, 2.45) is 0 Å². The molecule has 1 aromatic rings. The van der Waals surface area contributed by atoms with E-state index >= 15 is 0 Å². The predicted octanol–water partition coefficient (Wildman–Crippen LogP) is 3.59. The zero-order valence-electron chi connectivity index (χ0n) is 6.60. The summed E-state index contributed by atoms with van der Waals surface area (Å²) < 4.78 is 0. The van der Waals surface area contributed by atoms with Gasteiger partial charge in [0.15, 0.2) is 5.78 Å². The molecule has 0 aliphatic carbocycles. The monoisotopic (exact) mass is 202 g/mol. The van der Waals surface area contributed by atoms with Gasteiger partial charge < -0.3 is 0 Å². The molecule has 1 nitrogen and oxygen atoms in total. The van der Waals surface area contributed by atoms with Gasteiger partial charge in [0.1, 0.15) is 0 Å². The summed E-state index contributed by atoms with van der Waals surface area (Å²) in [6.45, 7) is 1.79. The van der Waals surface area contributed by atoms with E-state index in [0.717, 1.165) is 0 Å². The van der Waals surface area contributed by atoms with Crippen LogP contribution in [0.25, 0.3) is 0 Å². The Morgan fingerprint density at radius 3 is 2.67 bits per heavy atom. The van der Waals surface area contributed by atoms with E-state index in [1.165, 1.54) is 0 Å². The van der Waals surface area contributed by atoms with Gasteiger partial charge in [-0.1, -0.05) is 36.2 Å². The summed E-state index contributed by atoms with van der Waals surface area (Å²) in [6.07, 6.45) is 0.445. The maximum absolute atomic E-state index is 11.2.